The van der Waals surface area contributed by atoms with E-state index in [-0.39, 0.29) is 11.6 Å². The topological polar surface area (TPSA) is 86.9 Å². The van der Waals surface area contributed by atoms with Gasteiger partial charge in [-0.2, -0.15) is 5.10 Å². The molecule has 6 nitrogen and oxygen atoms in total. The summed E-state index contributed by atoms with van der Waals surface area (Å²) >= 11 is 0. The van der Waals surface area contributed by atoms with Gasteiger partial charge in [0.1, 0.15) is 5.82 Å². The average molecular weight is 314 g/mol. The summed E-state index contributed by atoms with van der Waals surface area (Å²) in [4.78, 5) is 23.6. The molecule has 1 heterocycles. The minimum absolute atomic E-state index is 0.0278. The van der Waals surface area contributed by atoms with Crippen LogP contribution in [0.4, 0.5) is 15.8 Å². The van der Waals surface area contributed by atoms with Gasteiger partial charge >= 0.3 is 0 Å². The molecule has 118 valence electrons. The van der Waals surface area contributed by atoms with Crippen molar-refractivity contribution in [3.05, 3.63) is 53.6 Å². The van der Waals surface area contributed by atoms with Gasteiger partial charge in [-0.05, 0) is 43.5 Å². The lowest BCUT2D eigenvalue weighted by molar-refractivity contribution is -0.111. The number of hydrogen-bond donors (Lipinski definition) is 3. The Morgan fingerprint density at radius 1 is 1.30 bits per heavy atom. The molecule has 0 spiro atoms. The number of rotatable bonds is 4. The van der Waals surface area contributed by atoms with Crippen molar-refractivity contribution in [1.29, 1.82) is 0 Å². The lowest BCUT2D eigenvalue weighted by Crippen LogP contribution is -2.15. The quantitative estimate of drug-likeness (QED) is 0.757. The molecule has 0 saturated heterocycles. The molecule has 0 saturated carbocycles. The largest absolute Gasteiger partial charge is 0.321 e. The van der Waals surface area contributed by atoms with E-state index in [4.69, 9.17) is 0 Å². The van der Waals surface area contributed by atoms with Crippen LogP contribution >= 0.6 is 0 Å². The molecule has 23 heavy (non-hydrogen) atoms. The number of amides is 2. The van der Waals surface area contributed by atoms with Gasteiger partial charge in [0.2, 0.25) is 5.91 Å². The van der Waals surface area contributed by atoms with Gasteiger partial charge in [-0.1, -0.05) is 6.58 Å². The highest BCUT2D eigenvalue weighted by molar-refractivity contribution is 6.05. The predicted octanol–water partition coefficient (Wildman–Crippen LogP) is 2.41. The van der Waals surface area contributed by atoms with Crippen molar-refractivity contribution in [3.63, 3.8) is 0 Å². The predicted molar refractivity (Wildman–Crippen MR) is 83.8 cm³/mol. The molecular formula is C16H15FN4O2. The fourth-order valence-corrected chi connectivity index (χ4v) is 2.58. The van der Waals surface area contributed by atoms with E-state index in [1.807, 2.05) is 0 Å². The molecule has 0 radical (unpaired) electrons. The fourth-order valence-electron chi connectivity index (χ4n) is 2.58. The number of halogens is 1. The molecule has 1 aromatic heterocycles. The maximum atomic E-state index is 13.7. The van der Waals surface area contributed by atoms with Crippen molar-refractivity contribution in [2.24, 2.45) is 0 Å². The van der Waals surface area contributed by atoms with Gasteiger partial charge in [-0.3, -0.25) is 14.7 Å². The number of nitrogens with one attached hydrogen (secondary N) is 3. The Morgan fingerprint density at radius 3 is 2.91 bits per heavy atom. The zero-order valence-electron chi connectivity index (χ0n) is 12.3. The highest BCUT2D eigenvalue weighted by Crippen LogP contribution is 2.24. The number of H-pyrrole nitrogens is 1. The molecular weight excluding hydrogens is 299 g/mol. The van der Waals surface area contributed by atoms with Crippen LogP contribution in [0.3, 0.4) is 0 Å². The molecule has 2 amide bonds. The Balaban J connectivity index is 1.79. The second-order valence-electron chi connectivity index (χ2n) is 5.22. The number of aromatic nitrogens is 2. The van der Waals surface area contributed by atoms with Gasteiger partial charge in [-0.25, -0.2) is 4.39 Å². The van der Waals surface area contributed by atoms with Crippen LogP contribution in [0.15, 0.2) is 30.9 Å². The number of fused-ring (bicyclic) bond motifs is 1. The molecule has 7 heteroatoms. The summed E-state index contributed by atoms with van der Waals surface area (Å²) in [6.07, 6.45) is 3.75. The zero-order chi connectivity index (χ0) is 16.4. The van der Waals surface area contributed by atoms with Crippen molar-refractivity contribution in [3.8, 4) is 0 Å². The van der Waals surface area contributed by atoms with Gasteiger partial charge in [0, 0.05) is 16.9 Å². The smallest absolute Gasteiger partial charge is 0.276 e. The van der Waals surface area contributed by atoms with Gasteiger partial charge in [-0.15, -0.1) is 0 Å². The summed E-state index contributed by atoms with van der Waals surface area (Å²) in [5.74, 6) is -1.49. The second-order valence-corrected chi connectivity index (χ2v) is 5.22. The normalized spacial score (nSPS) is 12.6. The Hall–Kier alpha value is -2.96. The van der Waals surface area contributed by atoms with Crippen molar-refractivity contribution in [1.82, 2.24) is 10.2 Å². The molecule has 0 aliphatic heterocycles. The van der Waals surface area contributed by atoms with Crippen LogP contribution in [-0.4, -0.2) is 22.0 Å². The van der Waals surface area contributed by atoms with Crippen molar-refractivity contribution in [2.75, 3.05) is 10.6 Å². The Bertz CT molecular complexity index is 797. The number of carbonyl (C=O) groups is 2. The first-order valence-electron chi connectivity index (χ1n) is 7.19. The third kappa shape index (κ3) is 2.98. The summed E-state index contributed by atoms with van der Waals surface area (Å²) in [7, 11) is 0. The van der Waals surface area contributed by atoms with E-state index in [1.54, 1.807) is 0 Å². The Labute approximate surface area is 131 Å². The van der Waals surface area contributed by atoms with Gasteiger partial charge < -0.3 is 10.6 Å². The molecule has 1 aliphatic carbocycles. The molecule has 0 unspecified atom stereocenters. The summed E-state index contributed by atoms with van der Waals surface area (Å²) in [6, 6.07) is 3.94. The highest BCUT2D eigenvalue weighted by atomic mass is 19.1. The first kappa shape index (κ1) is 15.0. The van der Waals surface area contributed by atoms with Crippen molar-refractivity contribution < 1.29 is 14.0 Å². The average Bonchev–Trinajstić information content (AvgIpc) is 3.13. The van der Waals surface area contributed by atoms with Gasteiger partial charge in [0.25, 0.3) is 5.91 Å². The molecule has 3 N–H and O–H groups in total. The van der Waals surface area contributed by atoms with Crippen LogP contribution in [0, 0.1) is 5.82 Å². The van der Waals surface area contributed by atoms with Crippen LogP contribution in [0.25, 0.3) is 0 Å². The summed E-state index contributed by atoms with van der Waals surface area (Å²) < 4.78 is 13.7. The Kier molecular flexibility index (Phi) is 3.92. The number of anilines is 2. The monoisotopic (exact) mass is 314 g/mol. The number of nitrogens with zero attached hydrogens (tertiary/aromatic N) is 1. The van der Waals surface area contributed by atoms with E-state index >= 15 is 0 Å². The molecule has 3 rings (SSSR count). The SMILES string of the molecule is C=CC(=O)Nc1cc(NC(=O)c2n[nH]c3c2CCC3)ccc1F. The zero-order valence-corrected chi connectivity index (χ0v) is 12.3. The minimum atomic E-state index is -0.598. The molecule has 0 atom stereocenters. The van der Waals surface area contributed by atoms with E-state index in [2.05, 4.69) is 27.4 Å². The minimum Gasteiger partial charge on any atom is -0.321 e. The second kappa shape index (κ2) is 6.04. The number of hydrogen-bond acceptors (Lipinski definition) is 3. The van der Waals surface area contributed by atoms with Crippen molar-refractivity contribution >= 4 is 23.2 Å². The number of aromatic amines is 1. The fraction of sp³-hybridized carbons (Fsp3) is 0.188. The summed E-state index contributed by atoms with van der Waals surface area (Å²) in [5.41, 5.74) is 2.63. The maximum Gasteiger partial charge on any atom is 0.276 e. The highest BCUT2D eigenvalue weighted by Gasteiger charge is 2.23. The van der Waals surface area contributed by atoms with Crippen LogP contribution in [0.1, 0.15) is 28.2 Å². The van der Waals surface area contributed by atoms with Crippen LogP contribution in [-0.2, 0) is 17.6 Å². The van der Waals surface area contributed by atoms with Crippen molar-refractivity contribution in [2.45, 2.75) is 19.3 Å². The third-order valence-corrected chi connectivity index (χ3v) is 3.69. The first-order valence-corrected chi connectivity index (χ1v) is 7.19. The number of carbonyl (C=O) groups excluding carboxylic acids is 2. The van der Waals surface area contributed by atoms with Crippen LogP contribution < -0.4 is 10.6 Å². The summed E-state index contributed by atoms with van der Waals surface area (Å²) in [5, 5.41) is 11.9. The molecule has 1 aromatic carbocycles. The van der Waals surface area contributed by atoms with Gasteiger partial charge in [0.15, 0.2) is 5.69 Å². The third-order valence-electron chi connectivity index (χ3n) is 3.69. The molecule has 0 bridgehead atoms. The maximum absolute atomic E-state index is 13.7. The van der Waals surface area contributed by atoms with E-state index in [1.165, 1.54) is 18.2 Å². The first-order chi connectivity index (χ1) is 11.1. The Morgan fingerprint density at radius 2 is 2.13 bits per heavy atom. The van der Waals surface area contributed by atoms with E-state index in [0.717, 1.165) is 36.6 Å². The van der Waals surface area contributed by atoms with Gasteiger partial charge in [0.05, 0.1) is 5.69 Å². The van der Waals surface area contributed by atoms with Crippen LogP contribution in [0.5, 0.6) is 0 Å². The number of aryl methyl sites for hydroxylation is 1. The molecule has 1 aliphatic rings. The summed E-state index contributed by atoms with van der Waals surface area (Å²) in [6.45, 7) is 3.31. The van der Waals surface area contributed by atoms with E-state index in [0.29, 0.717) is 11.4 Å². The molecule has 0 fully saturated rings. The van der Waals surface area contributed by atoms with E-state index < -0.39 is 11.7 Å². The number of benzene rings is 1. The lowest BCUT2D eigenvalue weighted by atomic mass is 10.2. The van der Waals surface area contributed by atoms with E-state index in [9.17, 15) is 14.0 Å². The van der Waals surface area contributed by atoms with Crippen LogP contribution in [0.2, 0.25) is 0 Å². The standard InChI is InChI=1S/C16H15FN4O2/c1-2-14(22)19-13-8-9(6-7-11(13)17)18-16(23)15-10-4-3-5-12(10)20-21-15/h2,6-8H,1,3-5H2,(H,18,23)(H,19,22)(H,20,21). The molecule has 2 aromatic rings. The lowest BCUT2D eigenvalue weighted by Gasteiger charge is -2.08.